The van der Waals surface area contributed by atoms with Crippen molar-refractivity contribution < 1.29 is 9.90 Å². The summed E-state index contributed by atoms with van der Waals surface area (Å²) < 4.78 is 0. The number of carboxylic acid groups (broad SMARTS) is 1. The van der Waals surface area contributed by atoms with Crippen LogP contribution in [0.5, 0.6) is 0 Å². The number of halogens is 1. The molecule has 2 rings (SSSR count). The lowest BCUT2D eigenvalue weighted by atomic mass is 9.68. The highest BCUT2D eigenvalue weighted by Gasteiger charge is 2.42. The average Bonchev–Trinajstić information content (AvgIpc) is 2.39. The molecule has 0 unspecified atom stereocenters. The first kappa shape index (κ1) is 13.4. The van der Waals surface area contributed by atoms with Crippen LogP contribution in [0.2, 0.25) is 5.02 Å². The number of hydrogen-bond acceptors (Lipinski definition) is 1. The third kappa shape index (κ3) is 2.26. The molecule has 98 valence electrons. The molecule has 1 N–H and O–H groups in total. The highest BCUT2D eigenvalue weighted by atomic mass is 35.5. The van der Waals surface area contributed by atoms with Crippen LogP contribution in [0.4, 0.5) is 0 Å². The van der Waals surface area contributed by atoms with E-state index in [1.165, 1.54) is 0 Å². The fourth-order valence-electron chi connectivity index (χ4n) is 3.06. The van der Waals surface area contributed by atoms with Crippen LogP contribution < -0.4 is 0 Å². The lowest BCUT2D eigenvalue weighted by molar-refractivity contribution is -0.145. The molecule has 2 nitrogen and oxygen atoms in total. The zero-order valence-electron chi connectivity index (χ0n) is 10.7. The van der Waals surface area contributed by atoms with Crippen LogP contribution in [0.1, 0.15) is 50.2 Å². The van der Waals surface area contributed by atoms with E-state index in [0.29, 0.717) is 5.02 Å². The molecule has 1 fully saturated rings. The van der Waals surface area contributed by atoms with E-state index in [-0.39, 0.29) is 0 Å². The highest BCUT2D eigenvalue weighted by Crippen LogP contribution is 2.42. The summed E-state index contributed by atoms with van der Waals surface area (Å²) in [6.07, 6.45) is 5.42. The van der Waals surface area contributed by atoms with Gasteiger partial charge in [0.05, 0.1) is 5.41 Å². The molecular formula is C15H19ClO2. The molecule has 0 radical (unpaired) electrons. The van der Waals surface area contributed by atoms with Crippen molar-refractivity contribution >= 4 is 17.6 Å². The minimum atomic E-state index is -0.714. The Hall–Kier alpha value is -1.02. The molecule has 0 aromatic heterocycles. The standard InChI is InChI=1S/C15H19ClO2/c1-2-11-6-7-12(16)10-13(11)15(14(17)18)8-4-3-5-9-15/h6-7,10H,2-5,8-9H2,1H3,(H,17,18). The Kier molecular flexibility index (Phi) is 3.96. The quantitative estimate of drug-likeness (QED) is 0.891. The third-order valence-corrected chi connectivity index (χ3v) is 4.32. The van der Waals surface area contributed by atoms with E-state index in [9.17, 15) is 9.90 Å². The zero-order valence-corrected chi connectivity index (χ0v) is 11.5. The summed E-state index contributed by atoms with van der Waals surface area (Å²) in [5.41, 5.74) is 1.34. The van der Waals surface area contributed by atoms with Gasteiger partial charge >= 0.3 is 5.97 Å². The molecule has 0 spiro atoms. The van der Waals surface area contributed by atoms with Crippen molar-refractivity contribution in [3.8, 4) is 0 Å². The van der Waals surface area contributed by atoms with Crippen LogP contribution in [0.25, 0.3) is 0 Å². The van der Waals surface area contributed by atoms with Crippen LogP contribution in [0.15, 0.2) is 18.2 Å². The molecule has 18 heavy (non-hydrogen) atoms. The summed E-state index contributed by atoms with van der Waals surface area (Å²) in [5.74, 6) is -0.695. The molecule has 0 heterocycles. The number of benzene rings is 1. The Balaban J connectivity index is 2.54. The van der Waals surface area contributed by atoms with Gasteiger partial charge in [-0.25, -0.2) is 0 Å². The molecule has 0 atom stereocenters. The van der Waals surface area contributed by atoms with Crippen molar-refractivity contribution in [1.82, 2.24) is 0 Å². The monoisotopic (exact) mass is 266 g/mol. The van der Waals surface area contributed by atoms with E-state index >= 15 is 0 Å². The predicted molar refractivity (Wildman–Crippen MR) is 73.2 cm³/mol. The molecule has 1 aliphatic rings. The highest BCUT2D eigenvalue weighted by molar-refractivity contribution is 6.30. The Bertz CT molecular complexity index is 448. The summed E-state index contributed by atoms with van der Waals surface area (Å²) in [6, 6.07) is 5.68. The van der Waals surface area contributed by atoms with Gasteiger partial charge in [-0.1, -0.05) is 43.9 Å². The fraction of sp³-hybridized carbons (Fsp3) is 0.533. The molecule has 1 saturated carbocycles. The third-order valence-electron chi connectivity index (χ3n) is 4.08. The Morgan fingerprint density at radius 1 is 1.33 bits per heavy atom. The normalized spacial score (nSPS) is 18.6. The van der Waals surface area contributed by atoms with Crippen LogP contribution in [-0.4, -0.2) is 11.1 Å². The van der Waals surface area contributed by atoms with E-state index in [0.717, 1.165) is 49.7 Å². The van der Waals surface area contributed by atoms with Crippen molar-refractivity contribution in [3.63, 3.8) is 0 Å². The molecule has 0 saturated heterocycles. The van der Waals surface area contributed by atoms with E-state index in [2.05, 4.69) is 6.92 Å². The second-order valence-electron chi connectivity index (χ2n) is 5.10. The van der Waals surface area contributed by atoms with Gasteiger partial charge in [-0.05, 0) is 42.5 Å². The molecule has 3 heteroatoms. The SMILES string of the molecule is CCc1ccc(Cl)cc1C1(C(=O)O)CCCCC1. The van der Waals surface area contributed by atoms with E-state index in [4.69, 9.17) is 11.6 Å². The number of aliphatic carboxylic acids is 1. The van der Waals surface area contributed by atoms with Gasteiger partial charge in [0.25, 0.3) is 0 Å². The maximum absolute atomic E-state index is 11.8. The van der Waals surface area contributed by atoms with Gasteiger partial charge in [0, 0.05) is 5.02 Å². The maximum Gasteiger partial charge on any atom is 0.314 e. The van der Waals surface area contributed by atoms with Crippen molar-refractivity contribution in [2.75, 3.05) is 0 Å². The van der Waals surface area contributed by atoms with Crippen molar-refractivity contribution in [1.29, 1.82) is 0 Å². The summed E-state index contributed by atoms with van der Waals surface area (Å²) in [6.45, 7) is 2.06. The lowest BCUT2D eigenvalue weighted by Crippen LogP contribution is -2.38. The summed E-state index contributed by atoms with van der Waals surface area (Å²) in [4.78, 5) is 11.8. The van der Waals surface area contributed by atoms with E-state index < -0.39 is 11.4 Å². The van der Waals surface area contributed by atoms with Gasteiger partial charge in [-0.2, -0.15) is 0 Å². The fourth-order valence-corrected chi connectivity index (χ4v) is 3.23. The van der Waals surface area contributed by atoms with Crippen molar-refractivity contribution in [3.05, 3.63) is 34.3 Å². The van der Waals surface area contributed by atoms with Crippen LogP contribution >= 0.6 is 11.6 Å². The number of carbonyl (C=O) groups is 1. The van der Waals surface area contributed by atoms with Crippen LogP contribution in [-0.2, 0) is 16.6 Å². The van der Waals surface area contributed by atoms with Crippen LogP contribution in [0.3, 0.4) is 0 Å². The van der Waals surface area contributed by atoms with Crippen LogP contribution in [0, 0.1) is 0 Å². The summed E-state index contributed by atoms with van der Waals surface area (Å²) in [7, 11) is 0. The summed E-state index contributed by atoms with van der Waals surface area (Å²) >= 11 is 6.07. The Labute approximate surface area is 113 Å². The molecule has 0 aliphatic heterocycles. The molecule has 1 aromatic carbocycles. The average molecular weight is 267 g/mol. The van der Waals surface area contributed by atoms with E-state index in [1.807, 2.05) is 18.2 Å². The zero-order chi connectivity index (χ0) is 13.2. The first-order valence-electron chi connectivity index (χ1n) is 6.62. The van der Waals surface area contributed by atoms with E-state index in [1.54, 1.807) is 0 Å². The minimum absolute atomic E-state index is 0.633. The van der Waals surface area contributed by atoms with Crippen molar-refractivity contribution in [2.45, 2.75) is 50.9 Å². The molecular weight excluding hydrogens is 248 g/mol. The second kappa shape index (κ2) is 5.31. The number of hydrogen-bond donors (Lipinski definition) is 1. The van der Waals surface area contributed by atoms with Gasteiger partial charge in [0.15, 0.2) is 0 Å². The van der Waals surface area contributed by atoms with Gasteiger partial charge < -0.3 is 5.11 Å². The van der Waals surface area contributed by atoms with Gasteiger partial charge in [0.2, 0.25) is 0 Å². The minimum Gasteiger partial charge on any atom is -0.481 e. The molecule has 1 aromatic rings. The first-order chi connectivity index (χ1) is 8.60. The van der Waals surface area contributed by atoms with Gasteiger partial charge in [-0.15, -0.1) is 0 Å². The van der Waals surface area contributed by atoms with Gasteiger partial charge in [-0.3, -0.25) is 4.79 Å². The number of aryl methyl sites for hydroxylation is 1. The lowest BCUT2D eigenvalue weighted by Gasteiger charge is -2.35. The largest absolute Gasteiger partial charge is 0.481 e. The first-order valence-corrected chi connectivity index (χ1v) is 7.00. The molecule has 1 aliphatic carbocycles. The topological polar surface area (TPSA) is 37.3 Å². The molecule has 0 bridgehead atoms. The van der Waals surface area contributed by atoms with Gasteiger partial charge in [0.1, 0.15) is 0 Å². The molecule has 0 amide bonds. The Morgan fingerprint density at radius 2 is 2.00 bits per heavy atom. The number of rotatable bonds is 3. The predicted octanol–water partition coefficient (Wildman–Crippen LogP) is 4.19. The van der Waals surface area contributed by atoms with Crippen molar-refractivity contribution in [2.24, 2.45) is 0 Å². The maximum atomic E-state index is 11.8. The Morgan fingerprint density at radius 3 is 2.56 bits per heavy atom. The second-order valence-corrected chi connectivity index (χ2v) is 5.54. The summed E-state index contributed by atoms with van der Waals surface area (Å²) in [5, 5.41) is 10.3. The smallest absolute Gasteiger partial charge is 0.314 e. The number of carboxylic acids is 1.